The number of pyridine rings is 1. The number of hydrogen-bond acceptors (Lipinski definition) is 6. The monoisotopic (exact) mass is 434 g/mol. The first kappa shape index (κ1) is 22.3. The van der Waals surface area contributed by atoms with Gasteiger partial charge in [0.1, 0.15) is 17.5 Å². The Morgan fingerprint density at radius 1 is 1.16 bits per heavy atom. The number of aryl methyl sites for hydroxylation is 1. The van der Waals surface area contributed by atoms with Gasteiger partial charge in [0, 0.05) is 25.6 Å². The van der Waals surface area contributed by atoms with Crippen LogP contribution in [0.3, 0.4) is 0 Å². The number of fused-ring (bicyclic) bond motifs is 3. The van der Waals surface area contributed by atoms with Gasteiger partial charge >= 0.3 is 0 Å². The van der Waals surface area contributed by atoms with Gasteiger partial charge in [-0.2, -0.15) is 0 Å². The summed E-state index contributed by atoms with van der Waals surface area (Å²) < 4.78 is 13.7. The topological polar surface area (TPSA) is 80.0 Å². The summed E-state index contributed by atoms with van der Waals surface area (Å²) in [7, 11) is 2.12. The van der Waals surface area contributed by atoms with Gasteiger partial charge in [0.05, 0.1) is 17.0 Å². The molecule has 1 aromatic carbocycles. The number of hydrogen-bond donors (Lipinski definition) is 2. The Hall–Kier alpha value is -2.90. The molecule has 1 aliphatic rings. The van der Waals surface area contributed by atoms with Crippen LogP contribution >= 0.6 is 0 Å². The Morgan fingerprint density at radius 3 is 2.81 bits per heavy atom. The maximum atomic E-state index is 13.7. The standard InChI is InChI=1S/C25H31FN6/c1-17-12-19-15-21-23(24(19)29-16-17)25(28-9-5-11-32(2)10-4-8-27)31-22(30-21)14-18-6-3-7-20(26)13-18/h3,6-7,12-13,16H,4-5,8-11,14-15,27H2,1-2H3,(H,28,30,31). The zero-order valence-corrected chi connectivity index (χ0v) is 18.9. The molecule has 0 fully saturated rings. The number of rotatable bonds is 10. The molecule has 3 aromatic rings. The van der Waals surface area contributed by atoms with Crippen LogP contribution in [0.5, 0.6) is 0 Å². The smallest absolute Gasteiger partial charge is 0.139 e. The number of nitrogens with two attached hydrogens (primary N) is 1. The molecular formula is C25H31FN6. The summed E-state index contributed by atoms with van der Waals surface area (Å²) in [6, 6.07) is 8.80. The third-order valence-corrected chi connectivity index (χ3v) is 5.73. The lowest BCUT2D eigenvalue weighted by atomic mass is 10.1. The largest absolute Gasteiger partial charge is 0.369 e. The minimum Gasteiger partial charge on any atom is -0.369 e. The van der Waals surface area contributed by atoms with Crippen LogP contribution in [0.25, 0.3) is 11.3 Å². The van der Waals surface area contributed by atoms with Crippen molar-refractivity contribution in [1.29, 1.82) is 0 Å². The number of benzene rings is 1. The third-order valence-electron chi connectivity index (χ3n) is 5.73. The van der Waals surface area contributed by atoms with Crippen molar-refractivity contribution in [2.75, 3.05) is 38.5 Å². The Balaban J connectivity index is 1.55. The molecule has 7 heteroatoms. The zero-order chi connectivity index (χ0) is 22.5. The lowest BCUT2D eigenvalue weighted by Crippen LogP contribution is -2.24. The zero-order valence-electron chi connectivity index (χ0n) is 18.9. The molecule has 0 aliphatic heterocycles. The van der Waals surface area contributed by atoms with Gasteiger partial charge in [0.15, 0.2) is 0 Å². The molecule has 0 saturated carbocycles. The molecule has 6 nitrogen and oxygen atoms in total. The van der Waals surface area contributed by atoms with Crippen LogP contribution in [0.15, 0.2) is 36.5 Å². The van der Waals surface area contributed by atoms with Crippen molar-refractivity contribution in [3.8, 4) is 11.3 Å². The van der Waals surface area contributed by atoms with E-state index in [2.05, 4.69) is 35.2 Å². The molecule has 0 saturated heterocycles. The SMILES string of the molecule is Cc1cnc2c(c1)Cc1nc(Cc3cccc(F)c3)nc(NCCCN(C)CCCN)c1-2. The number of halogens is 1. The molecule has 0 atom stereocenters. The lowest BCUT2D eigenvalue weighted by molar-refractivity contribution is 0.330. The van der Waals surface area contributed by atoms with Crippen LogP contribution < -0.4 is 11.1 Å². The first-order valence-electron chi connectivity index (χ1n) is 11.3. The minimum absolute atomic E-state index is 0.243. The summed E-state index contributed by atoms with van der Waals surface area (Å²) in [4.78, 5) is 16.7. The normalized spacial score (nSPS) is 12.2. The van der Waals surface area contributed by atoms with Crippen LogP contribution in [-0.4, -0.2) is 53.1 Å². The van der Waals surface area contributed by atoms with E-state index in [0.717, 1.165) is 79.3 Å². The first-order chi connectivity index (χ1) is 15.5. The second-order valence-electron chi connectivity index (χ2n) is 8.54. The van der Waals surface area contributed by atoms with Crippen molar-refractivity contribution in [3.05, 3.63) is 70.6 Å². The Morgan fingerprint density at radius 2 is 2.00 bits per heavy atom. The highest BCUT2D eigenvalue weighted by Crippen LogP contribution is 2.38. The fourth-order valence-electron chi connectivity index (χ4n) is 4.17. The van der Waals surface area contributed by atoms with Crippen molar-refractivity contribution >= 4 is 5.82 Å². The van der Waals surface area contributed by atoms with E-state index in [9.17, 15) is 4.39 Å². The molecular weight excluding hydrogens is 403 g/mol. The van der Waals surface area contributed by atoms with Gasteiger partial charge < -0.3 is 16.0 Å². The molecule has 3 N–H and O–H groups in total. The summed E-state index contributed by atoms with van der Waals surface area (Å²) in [5.74, 6) is 1.27. The van der Waals surface area contributed by atoms with Crippen molar-refractivity contribution in [2.24, 2.45) is 5.73 Å². The van der Waals surface area contributed by atoms with Gasteiger partial charge in [0.25, 0.3) is 0 Å². The van der Waals surface area contributed by atoms with Crippen LogP contribution in [0, 0.1) is 12.7 Å². The summed E-state index contributed by atoms with van der Waals surface area (Å²) in [6.07, 6.45) is 5.13. The highest BCUT2D eigenvalue weighted by atomic mass is 19.1. The minimum atomic E-state index is -0.243. The fraction of sp³-hybridized carbons (Fsp3) is 0.400. The Labute approximate surface area is 189 Å². The number of aromatic nitrogens is 3. The van der Waals surface area contributed by atoms with Crippen molar-refractivity contribution in [2.45, 2.75) is 32.6 Å². The molecule has 2 aromatic heterocycles. The van der Waals surface area contributed by atoms with Gasteiger partial charge in [0.2, 0.25) is 0 Å². The lowest BCUT2D eigenvalue weighted by Gasteiger charge is -2.17. The fourth-order valence-corrected chi connectivity index (χ4v) is 4.17. The van der Waals surface area contributed by atoms with E-state index >= 15 is 0 Å². The molecule has 168 valence electrons. The van der Waals surface area contributed by atoms with Gasteiger partial charge in [-0.1, -0.05) is 18.2 Å². The molecule has 0 radical (unpaired) electrons. The number of nitrogens with zero attached hydrogens (tertiary/aromatic N) is 4. The highest BCUT2D eigenvalue weighted by molar-refractivity contribution is 5.81. The summed E-state index contributed by atoms with van der Waals surface area (Å²) in [6.45, 7) is 5.57. The van der Waals surface area contributed by atoms with Crippen LogP contribution in [0.1, 0.15) is 41.1 Å². The predicted octanol–water partition coefficient (Wildman–Crippen LogP) is 3.56. The second kappa shape index (κ2) is 10.1. The predicted molar refractivity (Wildman–Crippen MR) is 126 cm³/mol. The number of nitrogens with one attached hydrogen (secondary N) is 1. The van der Waals surface area contributed by atoms with Crippen molar-refractivity contribution < 1.29 is 4.39 Å². The first-order valence-corrected chi connectivity index (χ1v) is 11.3. The number of anilines is 1. The van der Waals surface area contributed by atoms with Gasteiger partial charge in [-0.15, -0.1) is 0 Å². The van der Waals surface area contributed by atoms with Gasteiger partial charge in [-0.3, -0.25) is 4.98 Å². The van der Waals surface area contributed by atoms with E-state index in [0.29, 0.717) is 12.2 Å². The summed E-state index contributed by atoms with van der Waals surface area (Å²) in [5, 5.41) is 3.53. The molecule has 1 aliphatic carbocycles. The molecule has 0 amide bonds. The molecule has 2 heterocycles. The molecule has 4 rings (SSSR count). The van der Waals surface area contributed by atoms with Crippen molar-refractivity contribution in [1.82, 2.24) is 19.9 Å². The maximum Gasteiger partial charge on any atom is 0.139 e. The summed E-state index contributed by atoms with van der Waals surface area (Å²) in [5.41, 5.74) is 11.7. The highest BCUT2D eigenvalue weighted by Gasteiger charge is 2.26. The average Bonchev–Trinajstić information content (AvgIpc) is 3.12. The van der Waals surface area contributed by atoms with Crippen LogP contribution in [0.4, 0.5) is 10.2 Å². The maximum absolute atomic E-state index is 13.7. The molecule has 0 bridgehead atoms. The van der Waals surface area contributed by atoms with Crippen molar-refractivity contribution in [3.63, 3.8) is 0 Å². The van der Waals surface area contributed by atoms with E-state index in [1.165, 1.54) is 11.6 Å². The quantitative estimate of drug-likeness (QED) is 0.372. The van der Waals surface area contributed by atoms with Gasteiger partial charge in [-0.25, -0.2) is 14.4 Å². The van der Waals surface area contributed by atoms with Crippen LogP contribution in [-0.2, 0) is 12.8 Å². The van der Waals surface area contributed by atoms with E-state index < -0.39 is 0 Å². The molecule has 32 heavy (non-hydrogen) atoms. The Bertz CT molecular complexity index is 1080. The van der Waals surface area contributed by atoms with E-state index in [1.807, 2.05) is 12.3 Å². The average molecular weight is 435 g/mol. The third kappa shape index (κ3) is 5.29. The summed E-state index contributed by atoms with van der Waals surface area (Å²) >= 11 is 0. The van der Waals surface area contributed by atoms with Gasteiger partial charge in [-0.05, 0) is 75.3 Å². The molecule has 0 spiro atoms. The molecule has 0 unspecified atom stereocenters. The van der Waals surface area contributed by atoms with E-state index in [1.54, 1.807) is 12.1 Å². The van der Waals surface area contributed by atoms with E-state index in [4.69, 9.17) is 15.7 Å². The Kier molecular flexibility index (Phi) is 7.07. The van der Waals surface area contributed by atoms with E-state index in [-0.39, 0.29) is 5.82 Å². The second-order valence-corrected chi connectivity index (χ2v) is 8.54. The van der Waals surface area contributed by atoms with Crippen LogP contribution in [0.2, 0.25) is 0 Å².